The van der Waals surface area contributed by atoms with Crippen molar-refractivity contribution in [1.82, 2.24) is 5.32 Å². The van der Waals surface area contributed by atoms with Crippen molar-refractivity contribution in [2.75, 3.05) is 6.61 Å². The molecule has 1 aromatic rings. The first kappa shape index (κ1) is 21.1. The second-order valence-corrected chi connectivity index (χ2v) is 7.27. The number of carbonyl (C=O) groups excluding carboxylic acids is 1. The minimum atomic E-state index is -0.834. The molecule has 144 valence electrons. The van der Waals surface area contributed by atoms with Gasteiger partial charge in [0, 0.05) is 18.0 Å². The zero-order valence-corrected chi connectivity index (χ0v) is 15.4. The van der Waals surface area contributed by atoms with E-state index in [0.29, 0.717) is 6.42 Å². The van der Waals surface area contributed by atoms with Crippen LogP contribution in [0.25, 0.3) is 0 Å². The van der Waals surface area contributed by atoms with E-state index in [-0.39, 0.29) is 12.4 Å². The number of nitro benzene ring substituents is 2. The number of nitrogens with one attached hydrogen (secondary N) is 1. The zero-order valence-electron chi connectivity index (χ0n) is 15.4. The van der Waals surface area contributed by atoms with Crippen LogP contribution in [0.1, 0.15) is 41.0 Å². The first-order valence-electron chi connectivity index (χ1n) is 7.87. The minimum Gasteiger partial charge on any atom is -0.493 e. The summed E-state index contributed by atoms with van der Waals surface area (Å²) in [4.78, 5) is 31.9. The van der Waals surface area contributed by atoms with Gasteiger partial charge in [0.15, 0.2) is 0 Å². The molecule has 0 fully saturated rings. The Morgan fingerprint density at radius 1 is 1.08 bits per heavy atom. The molecule has 26 heavy (non-hydrogen) atoms. The molecule has 1 aromatic carbocycles. The van der Waals surface area contributed by atoms with E-state index < -0.39 is 38.5 Å². The average Bonchev–Trinajstić information content (AvgIpc) is 2.43. The van der Waals surface area contributed by atoms with Crippen LogP contribution in [0.4, 0.5) is 16.2 Å². The van der Waals surface area contributed by atoms with E-state index in [9.17, 15) is 25.0 Å². The molecular formula is C16H23N3O7. The fourth-order valence-corrected chi connectivity index (χ4v) is 1.96. The third-order valence-electron chi connectivity index (χ3n) is 3.18. The van der Waals surface area contributed by atoms with Gasteiger partial charge in [0.25, 0.3) is 0 Å². The van der Waals surface area contributed by atoms with Gasteiger partial charge < -0.3 is 14.8 Å². The molecule has 0 radical (unpaired) electrons. The quantitative estimate of drug-likeness (QED) is 0.573. The van der Waals surface area contributed by atoms with Crippen molar-refractivity contribution < 1.29 is 24.1 Å². The van der Waals surface area contributed by atoms with Crippen LogP contribution in [0.15, 0.2) is 18.2 Å². The number of nitro groups is 2. The number of carbonyl (C=O) groups is 1. The van der Waals surface area contributed by atoms with E-state index in [2.05, 4.69) is 5.32 Å². The number of hydrogen-bond donors (Lipinski definition) is 1. The van der Waals surface area contributed by atoms with Crippen LogP contribution in [0.5, 0.6) is 5.75 Å². The Labute approximate surface area is 150 Å². The maximum absolute atomic E-state index is 11.8. The molecule has 1 amide bonds. The first-order valence-corrected chi connectivity index (χ1v) is 7.87. The van der Waals surface area contributed by atoms with E-state index in [1.165, 1.54) is 6.07 Å². The molecule has 0 saturated carbocycles. The molecule has 1 rings (SSSR count). The molecule has 0 aliphatic heterocycles. The lowest BCUT2D eigenvalue weighted by molar-refractivity contribution is -0.422. The Kier molecular flexibility index (Phi) is 6.49. The number of hydrogen-bond acceptors (Lipinski definition) is 7. The van der Waals surface area contributed by atoms with Gasteiger partial charge in [-0.2, -0.15) is 0 Å². The molecule has 0 spiro atoms. The van der Waals surface area contributed by atoms with Crippen LogP contribution in [0, 0.1) is 20.2 Å². The number of benzene rings is 1. The largest absolute Gasteiger partial charge is 0.493 e. The number of amides is 1. The lowest BCUT2D eigenvalue weighted by Crippen LogP contribution is -2.46. The number of ether oxygens (including phenoxy) is 2. The Morgan fingerprint density at radius 2 is 1.65 bits per heavy atom. The lowest BCUT2D eigenvalue weighted by Gasteiger charge is -2.28. The van der Waals surface area contributed by atoms with Gasteiger partial charge in [0.2, 0.25) is 0 Å². The molecule has 0 atom stereocenters. The molecule has 1 N–H and O–H groups in total. The summed E-state index contributed by atoms with van der Waals surface area (Å²) in [5.74, 6) is 0.135. The highest BCUT2D eigenvalue weighted by atomic mass is 16.6. The topological polar surface area (TPSA) is 134 Å². The standard InChI is InChI=1S/C16H23N3O7/c1-15(2,3)26-14(20)17-16(4,5)8-9-25-11-6-7-12(18(21)22)13(10-11)19(23)24/h6-7,10H,8-9H2,1-5H3,(H,17,20). The molecule has 0 aliphatic rings. The average molecular weight is 369 g/mol. The van der Waals surface area contributed by atoms with Gasteiger partial charge >= 0.3 is 17.5 Å². The van der Waals surface area contributed by atoms with Crippen LogP contribution in [0.3, 0.4) is 0 Å². The SMILES string of the molecule is CC(C)(CCOc1ccc([N+](=O)[O-])c([N+](=O)[O-])c1)NC(=O)OC(C)(C)C. The monoisotopic (exact) mass is 369 g/mol. The smallest absolute Gasteiger partial charge is 0.408 e. The van der Waals surface area contributed by atoms with Crippen molar-refractivity contribution in [1.29, 1.82) is 0 Å². The summed E-state index contributed by atoms with van der Waals surface area (Å²) < 4.78 is 10.6. The predicted molar refractivity (Wildman–Crippen MR) is 93.3 cm³/mol. The maximum Gasteiger partial charge on any atom is 0.408 e. The second-order valence-electron chi connectivity index (χ2n) is 7.27. The third kappa shape index (κ3) is 6.91. The van der Waals surface area contributed by atoms with Gasteiger partial charge in [-0.05, 0) is 40.7 Å². The summed E-state index contributed by atoms with van der Waals surface area (Å²) >= 11 is 0. The summed E-state index contributed by atoms with van der Waals surface area (Å²) in [6, 6.07) is 3.32. The van der Waals surface area contributed by atoms with Crippen LogP contribution < -0.4 is 10.1 Å². The van der Waals surface area contributed by atoms with E-state index >= 15 is 0 Å². The Morgan fingerprint density at radius 3 is 2.15 bits per heavy atom. The van der Waals surface area contributed by atoms with Gasteiger partial charge in [-0.3, -0.25) is 20.2 Å². The van der Waals surface area contributed by atoms with E-state index in [4.69, 9.17) is 9.47 Å². The molecule has 0 aromatic heterocycles. The van der Waals surface area contributed by atoms with Crippen molar-refractivity contribution in [3.63, 3.8) is 0 Å². The second kappa shape index (κ2) is 7.98. The van der Waals surface area contributed by atoms with Gasteiger partial charge in [-0.15, -0.1) is 0 Å². The molecule has 0 aliphatic carbocycles. The summed E-state index contributed by atoms with van der Waals surface area (Å²) in [6.45, 7) is 8.95. The van der Waals surface area contributed by atoms with Gasteiger partial charge in [0.05, 0.1) is 22.5 Å². The summed E-state index contributed by atoms with van der Waals surface area (Å²) in [7, 11) is 0. The van der Waals surface area contributed by atoms with Crippen molar-refractivity contribution in [2.45, 2.75) is 52.2 Å². The molecule has 0 heterocycles. The minimum absolute atomic E-state index is 0.135. The predicted octanol–water partition coefficient (Wildman–Crippen LogP) is 3.58. The Hall–Kier alpha value is -2.91. The zero-order chi connectivity index (χ0) is 20.1. The summed E-state index contributed by atoms with van der Waals surface area (Å²) in [5.41, 5.74) is -2.50. The third-order valence-corrected chi connectivity index (χ3v) is 3.18. The van der Waals surface area contributed by atoms with Gasteiger partial charge in [-0.25, -0.2) is 4.79 Å². The van der Waals surface area contributed by atoms with E-state index in [0.717, 1.165) is 12.1 Å². The lowest BCUT2D eigenvalue weighted by atomic mass is 10.0. The fraction of sp³-hybridized carbons (Fsp3) is 0.562. The summed E-state index contributed by atoms with van der Waals surface area (Å²) in [5, 5.41) is 24.4. The first-order chi connectivity index (χ1) is 11.8. The van der Waals surface area contributed by atoms with Crippen molar-refractivity contribution in [3.8, 4) is 5.75 Å². The molecule has 0 bridgehead atoms. The highest BCUT2D eigenvalue weighted by molar-refractivity contribution is 5.68. The number of rotatable bonds is 7. The summed E-state index contributed by atoms with van der Waals surface area (Å²) in [6.07, 6.45) is -0.176. The van der Waals surface area contributed by atoms with Crippen LogP contribution in [-0.4, -0.2) is 33.7 Å². The van der Waals surface area contributed by atoms with Crippen molar-refractivity contribution in [3.05, 3.63) is 38.4 Å². The molecule has 10 nitrogen and oxygen atoms in total. The van der Waals surface area contributed by atoms with E-state index in [1.54, 1.807) is 34.6 Å². The molecule has 0 saturated heterocycles. The molecule has 0 unspecified atom stereocenters. The number of nitrogens with zero attached hydrogens (tertiary/aromatic N) is 2. The Bertz CT molecular complexity index is 696. The fourth-order valence-electron chi connectivity index (χ4n) is 1.96. The molecular weight excluding hydrogens is 346 g/mol. The highest BCUT2D eigenvalue weighted by Gasteiger charge is 2.26. The number of alkyl carbamates (subject to hydrolysis) is 1. The van der Waals surface area contributed by atoms with Crippen LogP contribution in [0.2, 0.25) is 0 Å². The maximum atomic E-state index is 11.8. The normalized spacial score (nSPS) is 11.6. The highest BCUT2D eigenvalue weighted by Crippen LogP contribution is 2.30. The van der Waals surface area contributed by atoms with Crippen LogP contribution >= 0.6 is 0 Å². The van der Waals surface area contributed by atoms with E-state index in [1.807, 2.05) is 0 Å². The van der Waals surface area contributed by atoms with Crippen LogP contribution in [-0.2, 0) is 4.74 Å². The Balaban J connectivity index is 2.67. The molecule has 10 heteroatoms. The van der Waals surface area contributed by atoms with Gasteiger partial charge in [0.1, 0.15) is 11.4 Å². The van der Waals surface area contributed by atoms with Crippen molar-refractivity contribution >= 4 is 17.5 Å². The van der Waals surface area contributed by atoms with Crippen molar-refractivity contribution in [2.24, 2.45) is 0 Å². The van der Waals surface area contributed by atoms with Gasteiger partial charge in [-0.1, -0.05) is 0 Å².